The fourth-order valence-corrected chi connectivity index (χ4v) is 1.62. The van der Waals surface area contributed by atoms with Gasteiger partial charge in [-0.15, -0.1) is 0 Å². The van der Waals surface area contributed by atoms with E-state index in [1.54, 1.807) is 18.2 Å². The van der Waals surface area contributed by atoms with Crippen LogP contribution in [0, 0.1) is 0 Å². The summed E-state index contributed by atoms with van der Waals surface area (Å²) in [5.74, 6) is 0.467. The van der Waals surface area contributed by atoms with E-state index in [1.807, 2.05) is 0 Å². The highest BCUT2D eigenvalue weighted by Crippen LogP contribution is 2.24. The molecular formula is C10H11BrF3NO. The van der Waals surface area contributed by atoms with Crippen LogP contribution in [0.5, 0.6) is 5.75 Å². The maximum absolute atomic E-state index is 11.8. The van der Waals surface area contributed by atoms with Crippen LogP contribution in [-0.2, 0) is 0 Å². The molecule has 0 unspecified atom stereocenters. The Morgan fingerprint density at radius 2 is 1.94 bits per heavy atom. The van der Waals surface area contributed by atoms with E-state index in [-0.39, 0.29) is 13.0 Å². The maximum atomic E-state index is 11.8. The number of benzene rings is 1. The second kappa shape index (κ2) is 5.43. The van der Waals surface area contributed by atoms with Crippen molar-refractivity contribution in [3.8, 4) is 5.75 Å². The van der Waals surface area contributed by atoms with Gasteiger partial charge in [0, 0.05) is 22.6 Å². The lowest BCUT2D eigenvalue weighted by atomic mass is 10.3. The molecule has 0 aliphatic rings. The molecule has 0 aliphatic carbocycles. The third-order valence-corrected chi connectivity index (χ3v) is 2.22. The zero-order valence-corrected chi connectivity index (χ0v) is 9.94. The van der Waals surface area contributed by atoms with Crippen molar-refractivity contribution in [1.82, 2.24) is 0 Å². The number of rotatable bonds is 4. The summed E-state index contributed by atoms with van der Waals surface area (Å²) in [5.41, 5.74) is 6.04. The predicted octanol–water partition coefficient (Wildman–Crippen LogP) is 3.75. The number of ether oxygens (including phenoxy) is 1. The van der Waals surface area contributed by atoms with Crippen LogP contribution in [0.15, 0.2) is 22.7 Å². The van der Waals surface area contributed by atoms with Gasteiger partial charge in [0.25, 0.3) is 0 Å². The average Bonchev–Trinajstić information content (AvgIpc) is 2.09. The maximum Gasteiger partial charge on any atom is 0.389 e. The van der Waals surface area contributed by atoms with E-state index in [1.165, 1.54) is 0 Å². The molecule has 0 bridgehead atoms. The summed E-state index contributed by atoms with van der Waals surface area (Å²) in [6, 6.07) is 4.91. The Hall–Kier alpha value is -0.910. The number of alkyl halides is 3. The van der Waals surface area contributed by atoms with Crippen LogP contribution in [-0.4, -0.2) is 12.8 Å². The molecule has 0 radical (unpaired) electrons. The highest BCUT2D eigenvalue weighted by molar-refractivity contribution is 9.10. The largest absolute Gasteiger partial charge is 0.493 e. The second-order valence-electron chi connectivity index (χ2n) is 3.29. The van der Waals surface area contributed by atoms with E-state index >= 15 is 0 Å². The zero-order chi connectivity index (χ0) is 12.2. The van der Waals surface area contributed by atoms with Gasteiger partial charge >= 0.3 is 6.18 Å². The fourth-order valence-electron chi connectivity index (χ4n) is 1.13. The van der Waals surface area contributed by atoms with Crippen molar-refractivity contribution in [2.45, 2.75) is 19.0 Å². The summed E-state index contributed by atoms with van der Waals surface area (Å²) >= 11 is 3.21. The van der Waals surface area contributed by atoms with Gasteiger partial charge in [-0.25, -0.2) is 0 Å². The van der Waals surface area contributed by atoms with Gasteiger partial charge in [-0.3, -0.25) is 0 Å². The van der Waals surface area contributed by atoms with Gasteiger partial charge in [0.1, 0.15) is 5.75 Å². The summed E-state index contributed by atoms with van der Waals surface area (Å²) in [6.07, 6.45) is -5.02. The molecule has 0 heterocycles. The topological polar surface area (TPSA) is 35.2 Å². The number of hydrogen-bond acceptors (Lipinski definition) is 2. The smallest absolute Gasteiger partial charge is 0.389 e. The van der Waals surface area contributed by atoms with E-state index in [0.717, 1.165) is 4.47 Å². The SMILES string of the molecule is Nc1cc(Br)cc(OCCCC(F)(F)F)c1. The molecular weight excluding hydrogens is 287 g/mol. The summed E-state index contributed by atoms with van der Waals surface area (Å²) in [6.45, 7) is 0.0232. The second-order valence-corrected chi connectivity index (χ2v) is 4.20. The molecule has 0 aromatic heterocycles. The number of nitrogens with two attached hydrogens (primary N) is 1. The number of halogens is 4. The number of hydrogen-bond donors (Lipinski definition) is 1. The van der Waals surface area contributed by atoms with Crippen LogP contribution in [0.2, 0.25) is 0 Å². The predicted molar refractivity (Wildman–Crippen MR) is 59.3 cm³/mol. The minimum absolute atomic E-state index is 0.0232. The first-order chi connectivity index (χ1) is 7.37. The molecule has 1 aromatic carbocycles. The first-order valence-corrected chi connectivity index (χ1v) is 5.42. The molecule has 0 spiro atoms. The minimum atomic E-state index is -4.13. The molecule has 0 fully saturated rings. The summed E-state index contributed by atoms with van der Waals surface area (Å²) in [7, 11) is 0. The molecule has 0 amide bonds. The fraction of sp³-hybridized carbons (Fsp3) is 0.400. The van der Waals surface area contributed by atoms with Gasteiger partial charge in [-0.2, -0.15) is 13.2 Å². The molecule has 0 atom stereocenters. The molecule has 0 saturated heterocycles. The molecule has 0 saturated carbocycles. The van der Waals surface area contributed by atoms with Gasteiger partial charge in [0.15, 0.2) is 0 Å². The van der Waals surface area contributed by atoms with E-state index < -0.39 is 12.6 Å². The van der Waals surface area contributed by atoms with Gasteiger partial charge in [-0.1, -0.05) is 15.9 Å². The van der Waals surface area contributed by atoms with Gasteiger partial charge in [-0.05, 0) is 18.6 Å². The van der Waals surface area contributed by atoms with Crippen LogP contribution in [0.25, 0.3) is 0 Å². The van der Waals surface area contributed by atoms with Gasteiger partial charge in [0.05, 0.1) is 6.61 Å². The standard InChI is InChI=1S/C10H11BrF3NO/c11-7-4-8(15)6-9(5-7)16-3-1-2-10(12,13)14/h4-6H,1-3,15H2. The molecule has 90 valence electrons. The minimum Gasteiger partial charge on any atom is -0.493 e. The van der Waals surface area contributed by atoms with Gasteiger partial charge < -0.3 is 10.5 Å². The van der Waals surface area contributed by atoms with Crippen molar-refractivity contribution in [2.24, 2.45) is 0 Å². The molecule has 1 rings (SSSR count). The Morgan fingerprint density at radius 1 is 1.25 bits per heavy atom. The van der Waals surface area contributed by atoms with Crippen molar-refractivity contribution < 1.29 is 17.9 Å². The lowest BCUT2D eigenvalue weighted by Gasteiger charge is -2.09. The van der Waals surface area contributed by atoms with E-state index in [4.69, 9.17) is 10.5 Å². The summed E-state index contributed by atoms with van der Waals surface area (Å²) in [4.78, 5) is 0. The Bertz CT molecular complexity index is 334. The zero-order valence-electron chi connectivity index (χ0n) is 8.35. The third kappa shape index (κ3) is 5.25. The first-order valence-electron chi connectivity index (χ1n) is 4.62. The average molecular weight is 298 g/mol. The summed E-state index contributed by atoms with van der Waals surface area (Å²) < 4.78 is 41.4. The lowest BCUT2D eigenvalue weighted by Crippen LogP contribution is -2.09. The van der Waals surface area contributed by atoms with Crippen molar-refractivity contribution in [1.29, 1.82) is 0 Å². The Kier molecular flexibility index (Phi) is 4.46. The third-order valence-electron chi connectivity index (χ3n) is 1.77. The molecule has 0 aliphatic heterocycles. The monoisotopic (exact) mass is 297 g/mol. The number of nitrogen functional groups attached to an aromatic ring is 1. The number of anilines is 1. The van der Waals surface area contributed by atoms with Gasteiger partial charge in [0.2, 0.25) is 0 Å². The lowest BCUT2D eigenvalue weighted by molar-refractivity contribution is -0.136. The highest BCUT2D eigenvalue weighted by Gasteiger charge is 2.26. The Labute approximate surface area is 99.7 Å². The van der Waals surface area contributed by atoms with Crippen molar-refractivity contribution in [2.75, 3.05) is 12.3 Å². The Morgan fingerprint density at radius 3 is 2.50 bits per heavy atom. The summed E-state index contributed by atoms with van der Waals surface area (Å²) in [5, 5.41) is 0. The van der Waals surface area contributed by atoms with Crippen molar-refractivity contribution >= 4 is 21.6 Å². The quantitative estimate of drug-likeness (QED) is 0.678. The normalized spacial score (nSPS) is 11.5. The van der Waals surface area contributed by atoms with Crippen molar-refractivity contribution in [3.05, 3.63) is 22.7 Å². The van der Waals surface area contributed by atoms with Crippen LogP contribution >= 0.6 is 15.9 Å². The van der Waals surface area contributed by atoms with E-state index in [2.05, 4.69) is 15.9 Å². The Balaban J connectivity index is 2.37. The van der Waals surface area contributed by atoms with Crippen LogP contribution < -0.4 is 10.5 Å². The van der Waals surface area contributed by atoms with Crippen LogP contribution in [0.3, 0.4) is 0 Å². The molecule has 6 heteroatoms. The van der Waals surface area contributed by atoms with E-state index in [9.17, 15) is 13.2 Å². The van der Waals surface area contributed by atoms with E-state index in [0.29, 0.717) is 11.4 Å². The molecule has 2 N–H and O–H groups in total. The molecule has 16 heavy (non-hydrogen) atoms. The van der Waals surface area contributed by atoms with Crippen LogP contribution in [0.1, 0.15) is 12.8 Å². The van der Waals surface area contributed by atoms with Crippen molar-refractivity contribution in [3.63, 3.8) is 0 Å². The molecule has 1 aromatic rings. The molecule has 2 nitrogen and oxygen atoms in total. The van der Waals surface area contributed by atoms with Crippen LogP contribution in [0.4, 0.5) is 18.9 Å². The highest BCUT2D eigenvalue weighted by atomic mass is 79.9. The first kappa shape index (κ1) is 13.2.